The molecule has 0 aliphatic carbocycles. The Labute approximate surface area is 122 Å². The van der Waals surface area contributed by atoms with E-state index in [1.165, 1.54) is 0 Å². The van der Waals surface area contributed by atoms with Gasteiger partial charge in [0.15, 0.2) is 5.76 Å². The predicted molar refractivity (Wildman–Crippen MR) is 84.1 cm³/mol. The summed E-state index contributed by atoms with van der Waals surface area (Å²) in [5.41, 5.74) is 3.00. The van der Waals surface area contributed by atoms with E-state index in [4.69, 9.17) is 4.42 Å². The van der Waals surface area contributed by atoms with Gasteiger partial charge in [0.1, 0.15) is 5.69 Å². The number of aromatic nitrogens is 1. The van der Waals surface area contributed by atoms with Gasteiger partial charge in [-0.25, -0.2) is 4.68 Å². The lowest BCUT2D eigenvalue weighted by molar-refractivity contribution is 0.575. The molecule has 0 unspecified atom stereocenters. The van der Waals surface area contributed by atoms with E-state index in [1.54, 1.807) is 17.6 Å². The Morgan fingerprint density at radius 2 is 2.25 bits per heavy atom. The fourth-order valence-electron chi connectivity index (χ4n) is 1.54. The molecule has 0 aromatic carbocycles. The molecule has 0 bridgehead atoms. The molecule has 0 spiro atoms. The summed E-state index contributed by atoms with van der Waals surface area (Å²) in [4.78, 5) is 5.41. The topological polar surface area (TPSA) is 42.8 Å². The molecule has 0 fully saturated rings. The molecule has 2 aromatic rings. The van der Waals surface area contributed by atoms with Crippen molar-refractivity contribution in [1.29, 1.82) is 0 Å². The molecule has 0 atom stereocenters. The van der Waals surface area contributed by atoms with Gasteiger partial charge in [0.25, 0.3) is 0 Å². The van der Waals surface area contributed by atoms with Gasteiger partial charge in [-0.1, -0.05) is 19.1 Å². The largest absolute Gasteiger partial charge is 0.463 e. The van der Waals surface area contributed by atoms with Gasteiger partial charge in [0, 0.05) is 11.1 Å². The summed E-state index contributed by atoms with van der Waals surface area (Å²) in [5, 5.41) is 6.65. The number of hydrogen-bond donors (Lipinski definition) is 0. The fourth-order valence-corrected chi connectivity index (χ4v) is 2.35. The van der Waals surface area contributed by atoms with Crippen LogP contribution < -0.4 is 4.80 Å². The van der Waals surface area contributed by atoms with Crippen LogP contribution in [0.3, 0.4) is 0 Å². The molecule has 0 saturated carbocycles. The minimum absolute atomic E-state index is 0.610. The van der Waals surface area contributed by atoms with Gasteiger partial charge in [0.05, 0.1) is 12.8 Å². The van der Waals surface area contributed by atoms with Crippen LogP contribution in [0.2, 0.25) is 0 Å². The average Bonchev–Trinajstić information content (AvgIpc) is 3.05. The second-order valence-corrected chi connectivity index (χ2v) is 5.49. The van der Waals surface area contributed by atoms with Gasteiger partial charge in [0.2, 0.25) is 4.80 Å². The summed E-state index contributed by atoms with van der Waals surface area (Å²) in [6.45, 7) is 10.6. The van der Waals surface area contributed by atoms with Gasteiger partial charge in [-0.05, 0) is 32.4 Å². The second kappa shape index (κ2) is 6.52. The monoisotopic (exact) mass is 289 g/mol. The van der Waals surface area contributed by atoms with E-state index in [2.05, 4.69) is 23.6 Å². The van der Waals surface area contributed by atoms with Crippen LogP contribution in [-0.4, -0.2) is 16.9 Å². The summed E-state index contributed by atoms with van der Waals surface area (Å²) in [7, 11) is 0. The zero-order valence-corrected chi connectivity index (χ0v) is 12.9. The molecule has 2 aromatic heterocycles. The Morgan fingerprint density at radius 1 is 1.45 bits per heavy atom. The lowest BCUT2D eigenvalue weighted by Gasteiger charge is -2.02. The summed E-state index contributed by atoms with van der Waals surface area (Å²) in [6.07, 6.45) is 2.57. The van der Waals surface area contributed by atoms with Crippen molar-refractivity contribution in [1.82, 2.24) is 4.68 Å². The smallest absolute Gasteiger partial charge is 0.206 e. The van der Waals surface area contributed by atoms with Crippen molar-refractivity contribution in [3.8, 4) is 11.5 Å². The highest BCUT2D eigenvalue weighted by molar-refractivity contribution is 7.07. The first-order valence-corrected chi connectivity index (χ1v) is 7.43. The zero-order valence-electron chi connectivity index (χ0n) is 12.1. The Bertz CT molecular complexity index is 674. The molecule has 0 aliphatic heterocycles. The van der Waals surface area contributed by atoms with Crippen LogP contribution in [0.1, 0.15) is 27.2 Å². The number of furan rings is 1. The highest BCUT2D eigenvalue weighted by Crippen LogP contribution is 2.20. The van der Waals surface area contributed by atoms with E-state index in [-0.39, 0.29) is 0 Å². The highest BCUT2D eigenvalue weighted by atomic mass is 32.1. The molecule has 0 N–H and O–H groups in total. The van der Waals surface area contributed by atoms with Gasteiger partial charge >= 0.3 is 0 Å². The first-order chi connectivity index (χ1) is 9.61. The summed E-state index contributed by atoms with van der Waals surface area (Å²) < 4.78 is 7.32. The van der Waals surface area contributed by atoms with Crippen molar-refractivity contribution in [3.63, 3.8) is 0 Å². The van der Waals surface area contributed by atoms with Gasteiger partial charge in [-0.3, -0.25) is 4.99 Å². The molecule has 0 amide bonds. The number of hydrogen-bond acceptors (Lipinski definition) is 4. The Morgan fingerprint density at radius 3 is 2.85 bits per heavy atom. The normalized spacial score (nSPS) is 12.9. The van der Waals surface area contributed by atoms with Gasteiger partial charge < -0.3 is 4.42 Å². The fraction of sp³-hybridized carbons (Fsp3) is 0.333. The Kier molecular flexibility index (Phi) is 4.74. The number of nitrogens with zero attached hydrogens (tertiary/aromatic N) is 3. The maximum Gasteiger partial charge on any atom is 0.206 e. The minimum Gasteiger partial charge on any atom is -0.463 e. The molecule has 5 heteroatoms. The molecular formula is C15H19N3OS. The third-order valence-electron chi connectivity index (χ3n) is 2.73. The van der Waals surface area contributed by atoms with Gasteiger partial charge in [-0.15, -0.1) is 11.3 Å². The van der Waals surface area contributed by atoms with Crippen molar-refractivity contribution in [2.75, 3.05) is 6.54 Å². The van der Waals surface area contributed by atoms with E-state index < -0.39 is 0 Å². The third kappa shape index (κ3) is 3.36. The zero-order chi connectivity index (χ0) is 14.5. The van der Waals surface area contributed by atoms with Crippen molar-refractivity contribution in [2.45, 2.75) is 27.2 Å². The Hall–Kier alpha value is -1.88. The van der Waals surface area contributed by atoms with Crippen molar-refractivity contribution in [2.24, 2.45) is 10.1 Å². The van der Waals surface area contributed by atoms with Crippen LogP contribution in [-0.2, 0) is 0 Å². The minimum atomic E-state index is 0.610. The standard InChI is InChI=1S/C15H19N3OS/c1-5-12(4)17-18-13(14-7-6-8-19-14)10-20-15(18)16-9-11(2)3/h6-8,10H,2,5,9H2,1,3-4H3. The molecule has 0 radical (unpaired) electrons. The maximum absolute atomic E-state index is 5.47. The average molecular weight is 289 g/mol. The summed E-state index contributed by atoms with van der Waals surface area (Å²) in [5.74, 6) is 0.797. The first kappa shape index (κ1) is 14.5. The van der Waals surface area contributed by atoms with Gasteiger partial charge in [-0.2, -0.15) is 5.10 Å². The van der Waals surface area contributed by atoms with Crippen molar-refractivity contribution < 1.29 is 4.42 Å². The molecule has 2 heterocycles. The van der Waals surface area contributed by atoms with E-state index in [1.807, 2.05) is 36.0 Å². The van der Waals surface area contributed by atoms with E-state index in [0.29, 0.717) is 6.54 Å². The lowest BCUT2D eigenvalue weighted by atomic mass is 10.3. The molecule has 2 rings (SSSR count). The summed E-state index contributed by atoms with van der Waals surface area (Å²) in [6, 6.07) is 3.80. The van der Waals surface area contributed by atoms with Crippen LogP contribution >= 0.6 is 11.3 Å². The summed E-state index contributed by atoms with van der Waals surface area (Å²) >= 11 is 1.56. The molecular weight excluding hydrogens is 270 g/mol. The third-order valence-corrected chi connectivity index (χ3v) is 3.58. The molecule has 106 valence electrons. The maximum atomic E-state index is 5.47. The quantitative estimate of drug-likeness (QED) is 0.607. The Balaban J connectivity index is 2.54. The van der Waals surface area contributed by atoms with Crippen molar-refractivity contribution >= 4 is 17.0 Å². The van der Waals surface area contributed by atoms with Crippen LogP contribution in [0.25, 0.3) is 11.5 Å². The first-order valence-electron chi connectivity index (χ1n) is 6.55. The number of thiazole rings is 1. The SMILES string of the molecule is C=C(C)CN=c1scc(-c2ccco2)n1N=C(C)CC. The van der Waals surface area contributed by atoms with E-state index >= 15 is 0 Å². The van der Waals surface area contributed by atoms with Crippen LogP contribution in [0.15, 0.2) is 50.4 Å². The number of rotatable bonds is 5. The molecule has 0 saturated heterocycles. The lowest BCUT2D eigenvalue weighted by Crippen LogP contribution is -2.14. The molecule has 4 nitrogen and oxygen atoms in total. The predicted octanol–water partition coefficient (Wildman–Crippen LogP) is 3.92. The van der Waals surface area contributed by atoms with E-state index in [9.17, 15) is 0 Å². The van der Waals surface area contributed by atoms with Crippen molar-refractivity contribution in [3.05, 3.63) is 40.7 Å². The molecule has 0 aliphatic rings. The highest BCUT2D eigenvalue weighted by Gasteiger charge is 2.10. The van der Waals surface area contributed by atoms with E-state index in [0.717, 1.165) is 34.0 Å². The molecule has 20 heavy (non-hydrogen) atoms. The second-order valence-electron chi connectivity index (χ2n) is 4.65. The van der Waals surface area contributed by atoms with Crippen LogP contribution in [0.5, 0.6) is 0 Å². The van der Waals surface area contributed by atoms with Crippen LogP contribution in [0.4, 0.5) is 0 Å². The van der Waals surface area contributed by atoms with Crippen LogP contribution in [0, 0.1) is 0 Å².